The van der Waals surface area contributed by atoms with Gasteiger partial charge in [0.15, 0.2) is 5.82 Å². The molecule has 0 bridgehead atoms. The first kappa shape index (κ1) is 10.3. The fourth-order valence-electron chi connectivity index (χ4n) is 2.14. The van der Waals surface area contributed by atoms with E-state index in [1.165, 1.54) is 0 Å². The Labute approximate surface area is 98.1 Å². The summed E-state index contributed by atoms with van der Waals surface area (Å²) in [6, 6.07) is 0.146. The Morgan fingerprint density at radius 2 is 2.47 bits per heavy atom. The lowest BCUT2D eigenvalue weighted by molar-refractivity contribution is 0.270. The Bertz CT molecular complexity index is 531. The van der Waals surface area contributed by atoms with E-state index in [4.69, 9.17) is 5.11 Å². The van der Waals surface area contributed by atoms with Crippen molar-refractivity contribution in [1.29, 1.82) is 0 Å². The molecule has 0 amide bonds. The molecule has 3 heterocycles. The quantitative estimate of drug-likeness (QED) is 0.759. The Hall–Kier alpha value is -1.89. The Morgan fingerprint density at radius 3 is 3.18 bits per heavy atom. The fraction of sp³-hybridized carbons (Fsp3) is 0.500. The molecule has 1 atom stereocenters. The van der Waals surface area contributed by atoms with Gasteiger partial charge in [-0.15, -0.1) is 0 Å². The van der Waals surface area contributed by atoms with E-state index in [1.54, 1.807) is 4.68 Å². The molecule has 7 nitrogen and oxygen atoms in total. The lowest BCUT2D eigenvalue weighted by atomic mass is 10.1. The van der Waals surface area contributed by atoms with Crippen molar-refractivity contribution in [3.63, 3.8) is 0 Å². The Morgan fingerprint density at radius 1 is 1.59 bits per heavy atom. The first-order chi connectivity index (χ1) is 8.28. The number of nitrogens with zero attached hydrogens (tertiary/aromatic N) is 5. The van der Waals surface area contributed by atoms with Gasteiger partial charge in [-0.1, -0.05) is 0 Å². The van der Waals surface area contributed by atoms with Crippen LogP contribution in [0.4, 0.5) is 5.95 Å². The van der Waals surface area contributed by atoms with Gasteiger partial charge in [0.2, 0.25) is 5.95 Å². The number of hydrogen-bond acceptors (Lipinski definition) is 5. The molecule has 7 heteroatoms. The summed E-state index contributed by atoms with van der Waals surface area (Å²) in [5, 5.41) is 20.7. The third kappa shape index (κ3) is 1.68. The molecule has 1 aliphatic rings. The molecule has 0 fully saturated rings. The van der Waals surface area contributed by atoms with Crippen molar-refractivity contribution in [3.8, 4) is 0 Å². The Kier molecular flexibility index (Phi) is 2.32. The second kappa shape index (κ2) is 3.85. The topological polar surface area (TPSA) is 80.8 Å². The summed E-state index contributed by atoms with van der Waals surface area (Å²) < 4.78 is 3.60. The van der Waals surface area contributed by atoms with Gasteiger partial charge < -0.3 is 10.4 Å². The number of aromatic nitrogens is 5. The zero-order chi connectivity index (χ0) is 11.8. The zero-order valence-corrected chi connectivity index (χ0v) is 9.54. The number of hydrogen-bond donors (Lipinski definition) is 2. The molecule has 1 unspecified atom stereocenters. The van der Waals surface area contributed by atoms with Crippen molar-refractivity contribution < 1.29 is 5.11 Å². The van der Waals surface area contributed by atoms with Crippen LogP contribution in [-0.4, -0.2) is 36.2 Å². The molecule has 0 aliphatic carbocycles. The largest absolute Gasteiger partial charge is 0.388 e. The maximum Gasteiger partial charge on any atom is 0.222 e. The van der Waals surface area contributed by atoms with Crippen LogP contribution in [-0.2, 0) is 13.7 Å². The standard InChI is InChI=1S/C10H14N6O/c1-15-5-7(4-12-15)8-2-3-11-10-13-9(6-17)14-16(8)10/h4-5,8,17H,2-3,6H2,1H3,(H,11,13,14). The minimum absolute atomic E-state index is 0.137. The number of aliphatic hydroxyl groups is 1. The first-order valence-electron chi connectivity index (χ1n) is 5.56. The first-order valence-corrected chi connectivity index (χ1v) is 5.56. The molecular weight excluding hydrogens is 220 g/mol. The molecule has 3 rings (SSSR count). The molecule has 0 aromatic carbocycles. The van der Waals surface area contributed by atoms with Gasteiger partial charge in [0.25, 0.3) is 0 Å². The molecule has 17 heavy (non-hydrogen) atoms. The van der Waals surface area contributed by atoms with Gasteiger partial charge in [-0.3, -0.25) is 4.68 Å². The van der Waals surface area contributed by atoms with Crippen LogP contribution in [0.3, 0.4) is 0 Å². The zero-order valence-electron chi connectivity index (χ0n) is 9.54. The summed E-state index contributed by atoms with van der Waals surface area (Å²) in [7, 11) is 1.89. The number of rotatable bonds is 2. The minimum atomic E-state index is -0.137. The van der Waals surface area contributed by atoms with Crippen molar-refractivity contribution in [3.05, 3.63) is 23.8 Å². The average molecular weight is 234 g/mol. The van der Waals surface area contributed by atoms with Crippen LogP contribution in [0.15, 0.2) is 12.4 Å². The highest BCUT2D eigenvalue weighted by Gasteiger charge is 2.25. The summed E-state index contributed by atoms with van der Waals surface area (Å²) in [5.74, 6) is 1.16. The number of fused-ring (bicyclic) bond motifs is 1. The summed E-state index contributed by atoms with van der Waals surface area (Å²) >= 11 is 0. The van der Waals surface area contributed by atoms with Crippen molar-refractivity contribution in [2.24, 2.45) is 7.05 Å². The normalized spacial score (nSPS) is 18.8. The van der Waals surface area contributed by atoms with E-state index in [2.05, 4.69) is 20.5 Å². The van der Waals surface area contributed by atoms with Crippen LogP contribution in [0, 0.1) is 0 Å². The molecule has 0 radical (unpaired) electrons. The van der Waals surface area contributed by atoms with Crippen molar-refractivity contribution in [2.75, 3.05) is 11.9 Å². The van der Waals surface area contributed by atoms with Crippen LogP contribution >= 0.6 is 0 Å². The van der Waals surface area contributed by atoms with Crippen molar-refractivity contribution >= 4 is 5.95 Å². The molecule has 90 valence electrons. The maximum atomic E-state index is 9.07. The summed E-state index contributed by atoms with van der Waals surface area (Å²) in [6.45, 7) is 0.713. The number of aliphatic hydroxyl groups excluding tert-OH is 1. The highest BCUT2D eigenvalue weighted by Crippen LogP contribution is 2.27. The molecule has 2 aromatic heterocycles. The summed E-state index contributed by atoms with van der Waals surface area (Å²) in [5.41, 5.74) is 1.12. The van der Waals surface area contributed by atoms with E-state index in [-0.39, 0.29) is 12.6 Å². The van der Waals surface area contributed by atoms with Crippen LogP contribution < -0.4 is 5.32 Å². The second-order valence-corrected chi connectivity index (χ2v) is 4.13. The highest BCUT2D eigenvalue weighted by molar-refractivity contribution is 5.31. The van der Waals surface area contributed by atoms with E-state index in [0.29, 0.717) is 11.8 Å². The smallest absolute Gasteiger partial charge is 0.222 e. The number of anilines is 1. The third-order valence-electron chi connectivity index (χ3n) is 2.92. The lowest BCUT2D eigenvalue weighted by Gasteiger charge is -2.23. The van der Waals surface area contributed by atoms with Gasteiger partial charge >= 0.3 is 0 Å². The second-order valence-electron chi connectivity index (χ2n) is 4.13. The van der Waals surface area contributed by atoms with Crippen LogP contribution in [0.25, 0.3) is 0 Å². The summed E-state index contributed by atoms with van der Waals surface area (Å²) in [6.07, 6.45) is 4.77. The van der Waals surface area contributed by atoms with Gasteiger partial charge in [-0.05, 0) is 6.42 Å². The minimum Gasteiger partial charge on any atom is -0.388 e. The molecule has 1 aliphatic heterocycles. The third-order valence-corrected chi connectivity index (χ3v) is 2.92. The predicted octanol–water partition coefficient (Wildman–Crippen LogP) is -0.0911. The highest BCUT2D eigenvalue weighted by atomic mass is 16.3. The van der Waals surface area contributed by atoms with Gasteiger partial charge in [0.05, 0.1) is 12.2 Å². The van der Waals surface area contributed by atoms with Crippen molar-refractivity contribution in [2.45, 2.75) is 19.1 Å². The van der Waals surface area contributed by atoms with Gasteiger partial charge in [0.1, 0.15) is 6.61 Å². The maximum absolute atomic E-state index is 9.07. The fourth-order valence-corrected chi connectivity index (χ4v) is 2.14. The average Bonchev–Trinajstić information content (AvgIpc) is 2.93. The molecular formula is C10H14N6O. The lowest BCUT2D eigenvalue weighted by Crippen LogP contribution is -2.24. The number of nitrogens with one attached hydrogen (secondary N) is 1. The summed E-state index contributed by atoms with van der Waals surface area (Å²) in [4.78, 5) is 4.22. The monoisotopic (exact) mass is 234 g/mol. The van der Waals surface area contributed by atoms with E-state index in [0.717, 1.165) is 18.5 Å². The van der Waals surface area contributed by atoms with Gasteiger partial charge in [0, 0.05) is 25.4 Å². The molecule has 2 aromatic rings. The molecule has 0 saturated carbocycles. The van der Waals surface area contributed by atoms with E-state index < -0.39 is 0 Å². The van der Waals surface area contributed by atoms with E-state index >= 15 is 0 Å². The number of aryl methyl sites for hydroxylation is 1. The van der Waals surface area contributed by atoms with Gasteiger partial charge in [-0.25, -0.2) is 4.68 Å². The molecule has 0 saturated heterocycles. The van der Waals surface area contributed by atoms with Crippen LogP contribution in [0.5, 0.6) is 0 Å². The van der Waals surface area contributed by atoms with E-state index in [1.807, 2.05) is 24.1 Å². The van der Waals surface area contributed by atoms with Crippen LogP contribution in [0.2, 0.25) is 0 Å². The predicted molar refractivity (Wildman–Crippen MR) is 60.4 cm³/mol. The van der Waals surface area contributed by atoms with Crippen LogP contribution in [0.1, 0.15) is 23.9 Å². The van der Waals surface area contributed by atoms with Gasteiger partial charge in [-0.2, -0.15) is 15.2 Å². The SMILES string of the molecule is Cn1cc(C2CCNc3nc(CO)nn32)cn1. The molecule has 2 N–H and O–H groups in total. The van der Waals surface area contributed by atoms with E-state index in [9.17, 15) is 0 Å². The molecule has 0 spiro atoms. The van der Waals surface area contributed by atoms with Crippen molar-refractivity contribution in [1.82, 2.24) is 24.5 Å². The Balaban J connectivity index is 2.01.